The Morgan fingerprint density at radius 1 is 1.00 bits per heavy atom. The van der Waals surface area contributed by atoms with Crippen molar-refractivity contribution in [2.24, 2.45) is 0 Å². The average molecular weight is 324 g/mol. The zero-order valence-electron chi connectivity index (χ0n) is 11.8. The largest absolute Gasteiger partial charge is 0.335 e. The summed E-state index contributed by atoms with van der Waals surface area (Å²) in [6.07, 6.45) is 0. The zero-order valence-corrected chi connectivity index (χ0v) is 12.5. The predicted molar refractivity (Wildman–Crippen MR) is 88.3 cm³/mol. The molecule has 112 valence electrons. The first-order valence-electron chi connectivity index (χ1n) is 6.93. The fraction of sp³-hybridized carbons (Fsp3) is 0. The molecule has 0 bridgehead atoms. The molecule has 2 aromatic carbocycles. The van der Waals surface area contributed by atoms with E-state index in [-0.39, 0.29) is 11.3 Å². The number of aromatic nitrogens is 3. The molecule has 0 spiro atoms. The Bertz CT molecular complexity index is 1050. The summed E-state index contributed by atoms with van der Waals surface area (Å²) in [7, 11) is 0. The van der Waals surface area contributed by atoms with Crippen LogP contribution < -0.4 is 5.56 Å². The molecule has 0 atom stereocenters. The number of aromatic amines is 1. The molecule has 1 N–H and O–H groups in total. The first kappa shape index (κ1) is 13.7. The van der Waals surface area contributed by atoms with Crippen LogP contribution in [0.15, 0.2) is 63.9 Å². The van der Waals surface area contributed by atoms with Crippen LogP contribution in [-0.2, 0) is 0 Å². The molecule has 6 heteroatoms. The number of rotatable bonds is 2. The molecule has 2 aromatic heterocycles. The first-order valence-corrected chi connectivity index (χ1v) is 7.31. The number of hydrogen-bond acceptors (Lipinski definition) is 4. The van der Waals surface area contributed by atoms with Crippen molar-refractivity contribution in [3.8, 4) is 22.6 Å². The van der Waals surface area contributed by atoms with Crippen molar-refractivity contribution in [3.63, 3.8) is 0 Å². The number of hydrogen-bond donors (Lipinski definition) is 1. The Balaban J connectivity index is 1.93. The normalized spacial score (nSPS) is 11.0. The van der Waals surface area contributed by atoms with Gasteiger partial charge in [0.2, 0.25) is 0 Å². The van der Waals surface area contributed by atoms with Crippen LogP contribution in [0.3, 0.4) is 0 Å². The molecule has 0 radical (unpaired) electrons. The van der Waals surface area contributed by atoms with E-state index < -0.39 is 0 Å². The predicted octanol–water partition coefficient (Wildman–Crippen LogP) is 3.90. The lowest BCUT2D eigenvalue weighted by atomic mass is 10.1. The molecule has 4 aromatic rings. The van der Waals surface area contributed by atoms with Gasteiger partial charge in [0.15, 0.2) is 0 Å². The molecule has 0 unspecified atom stereocenters. The molecule has 0 aliphatic carbocycles. The Morgan fingerprint density at radius 3 is 2.57 bits per heavy atom. The van der Waals surface area contributed by atoms with Crippen LogP contribution in [-0.4, -0.2) is 15.1 Å². The van der Waals surface area contributed by atoms with E-state index in [0.29, 0.717) is 27.5 Å². The van der Waals surface area contributed by atoms with Crippen molar-refractivity contribution in [2.45, 2.75) is 0 Å². The Labute approximate surface area is 135 Å². The van der Waals surface area contributed by atoms with Crippen LogP contribution in [0.25, 0.3) is 33.7 Å². The maximum Gasteiger partial charge on any atom is 0.265 e. The van der Waals surface area contributed by atoms with Gasteiger partial charge in [-0.3, -0.25) is 4.79 Å². The van der Waals surface area contributed by atoms with Crippen molar-refractivity contribution in [1.82, 2.24) is 15.1 Å². The van der Waals surface area contributed by atoms with Crippen molar-refractivity contribution < 1.29 is 4.52 Å². The summed E-state index contributed by atoms with van der Waals surface area (Å²) in [6, 6.07) is 16.4. The van der Waals surface area contributed by atoms with Gasteiger partial charge in [0.1, 0.15) is 16.9 Å². The summed E-state index contributed by atoms with van der Waals surface area (Å²) in [5, 5.41) is 4.89. The van der Waals surface area contributed by atoms with Gasteiger partial charge in [-0.1, -0.05) is 59.2 Å². The third-order valence-electron chi connectivity index (χ3n) is 3.49. The highest BCUT2D eigenvalue weighted by Gasteiger charge is 2.17. The smallest absolute Gasteiger partial charge is 0.265 e. The van der Waals surface area contributed by atoms with E-state index in [1.807, 2.05) is 36.4 Å². The number of nitrogens with zero attached hydrogens (tertiary/aromatic N) is 2. The molecule has 2 heterocycles. The van der Waals surface area contributed by atoms with Crippen LogP contribution in [0, 0.1) is 0 Å². The van der Waals surface area contributed by atoms with Gasteiger partial charge in [-0.2, -0.15) is 4.98 Å². The van der Waals surface area contributed by atoms with Gasteiger partial charge in [-0.05, 0) is 12.1 Å². The van der Waals surface area contributed by atoms with Crippen molar-refractivity contribution in [3.05, 3.63) is 70.0 Å². The lowest BCUT2D eigenvalue weighted by molar-refractivity contribution is 0.451. The summed E-state index contributed by atoms with van der Waals surface area (Å²) in [5.74, 6) is 0.390. The molecular weight excluding hydrogens is 314 g/mol. The minimum atomic E-state index is -0.301. The van der Waals surface area contributed by atoms with Gasteiger partial charge >= 0.3 is 0 Å². The van der Waals surface area contributed by atoms with Gasteiger partial charge in [0, 0.05) is 16.1 Å². The van der Waals surface area contributed by atoms with Crippen LogP contribution in [0.5, 0.6) is 0 Å². The van der Waals surface area contributed by atoms with Gasteiger partial charge < -0.3 is 9.51 Å². The molecule has 5 nitrogen and oxygen atoms in total. The number of fused-ring (bicyclic) bond motifs is 1. The Morgan fingerprint density at radius 2 is 1.78 bits per heavy atom. The van der Waals surface area contributed by atoms with Crippen LogP contribution in [0.2, 0.25) is 5.02 Å². The number of H-pyrrole nitrogens is 1. The monoisotopic (exact) mass is 323 g/mol. The van der Waals surface area contributed by atoms with Crippen LogP contribution >= 0.6 is 11.6 Å². The van der Waals surface area contributed by atoms with E-state index in [9.17, 15) is 4.79 Å². The van der Waals surface area contributed by atoms with E-state index in [1.165, 1.54) is 0 Å². The highest BCUT2D eigenvalue weighted by molar-refractivity contribution is 6.30. The van der Waals surface area contributed by atoms with Crippen molar-refractivity contribution >= 4 is 22.7 Å². The van der Waals surface area contributed by atoms with Crippen LogP contribution in [0.4, 0.5) is 0 Å². The first-order chi connectivity index (χ1) is 11.2. The van der Waals surface area contributed by atoms with E-state index in [0.717, 1.165) is 5.56 Å². The van der Waals surface area contributed by atoms with E-state index >= 15 is 0 Å². The highest BCUT2D eigenvalue weighted by atomic mass is 35.5. The van der Waals surface area contributed by atoms with Crippen LogP contribution in [0.1, 0.15) is 0 Å². The summed E-state index contributed by atoms with van der Waals surface area (Å²) < 4.78 is 5.26. The molecule has 0 amide bonds. The minimum absolute atomic E-state index is 0.197. The summed E-state index contributed by atoms with van der Waals surface area (Å²) >= 11 is 5.98. The maximum atomic E-state index is 12.5. The van der Waals surface area contributed by atoms with E-state index in [4.69, 9.17) is 16.1 Å². The standard InChI is InChI=1S/C17H10ClN3O2/c18-12-8-4-7-11(9-12)15-19-16(22)13-14(21-23-17(13)20-15)10-5-2-1-3-6-10/h1-9H,(H,19,20,22). The summed E-state index contributed by atoms with van der Waals surface area (Å²) in [4.78, 5) is 19.6. The fourth-order valence-electron chi connectivity index (χ4n) is 2.43. The third-order valence-corrected chi connectivity index (χ3v) is 3.73. The molecule has 0 saturated heterocycles. The van der Waals surface area contributed by atoms with Crippen molar-refractivity contribution in [1.29, 1.82) is 0 Å². The maximum absolute atomic E-state index is 12.5. The zero-order chi connectivity index (χ0) is 15.8. The lowest BCUT2D eigenvalue weighted by Crippen LogP contribution is -2.09. The minimum Gasteiger partial charge on any atom is -0.335 e. The molecule has 0 aliphatic heterocycles. The molecule has 0 aliphatic rings. The number of halogens is 1. The SMILES string of the molecule is O=c1[nH]c(-c2cccc(Cl)c2)nc2onc(-c3ccccc3)c12. The van der Waals surface area contributed by atoms with E-state index in [2.05, 4.69) is 15.1 Å². The molecule has 4 rings (SSSR count). The average Bonchev–Trinajstić information content (AvgIpc) is 3.00. The topological polar surface area (TPSA) is 71.8 Å². The van der Waals surface area contributed by atoms with Gasteiger partial charge in [0.25, 0.3) is 11.3 Å². The molecule has 23 heavy (non-hydrogen) atoms. The summed E-state index contributed by atoms with van der Waals surface area (Å²) in [6.45, 7) is 0. The van der Waals surface area contributed by atoms with Gasteiger partial charge in [-0.25, -0.2) is 0 Å². The lowest BCUT2D eigenvalue weighted by Gasteiger charge is -2.01. The van der Waals surface area contributed by atoms with Gasteiger partial charge in [0.05, 0.1) is 0 Å². The van der Waals surface area contributed by atoms with Crippen molar-refractivity contribution in [2.75, 3.05) is 0 Å². The number of nitrogens with one attached hydrogen (secondary N) is 1. The second-order valence-corrected chi connectivity index (χ2v) is 5.44. The third kappa shape index (κ3) is 2.41. The highest BCUT2D eigenvalue weighted by Crippen LogP contribution is 2.26. The Hall–Kier alpha value is -2.92. The Kier molecular flexibility index (Phi) is 3.20. The summed E-state index contributed by atoms with van der Waals surface area (Å²) in [5.41, 5.74) is 1.88. The number of benzene rings is 2. The quantitative estimate of drug-likeness (QED) is 0.607. The molecule has 0 saturated carbocycles. The fourth-order valence-corrected chi connectivity index (χ4v) is 2.62. The second kappa shape index (κ2) is 5.37. The van der Waals surface area contributed by atoms with E-state index in [1.54, 1.807) is 18.2 Å². The molecule has 0 fully saturated rings. The van der Waals surface area contributed by atoms with Gasteiger partial charge in [-0.15, -0.1) is 0 Å². The second-order valence-electron chi connectivity index (χ2n) is 5.00. The molecular formula is C17H10ClN3O2.